The van der Waals surface area contributed by atoms with Crippen molar-refractivity contribution in [3.63, 3.8) is 0 Å². The zero-order valence-electron chi connectivity index (χ0n) is 11.7. The predicted molar refractivity (Wildman–Crippen MR) is 70.4 cm³/mol. The fraction of sp³-hybridized carbons (Fsp3) is 0.615. The molecule has 0 aliphatic heterocycles. The number of esters is 1. The molecule has 1 aromatic rings. The summed E-state index contributed by atoms with van der Waals surface area (Å²) in [4.78, 5) is 20.3. The van der Waals surface area contributed by atoms with Crippen LogP contribution < -0.4 is 5.32 Å². The second-order valence-electron chi connectivity index (χ2n) is 4.80. The molecule has 1 aromatic heterocycles. The van der Waals surface area contributed by atoms with Crippen molar-refractivity contribution in [3.8, 4) is 0 Å². The van der Waals surface area contributed by atoms with Gasteiger partial charge in [-0.15, -0.1) is 0 Å². The number of aryl methyl sites for hydroxylation is 2. The lowest BCUT2D eigenvalue weighted by molar-refractivity contribution is -0.141. The molecule has 0 radical (unpaired) electrons. The highest BCUT2D eigenvalue weighted by Crippen LogP contribution is 2.15. The number of methoxy groups -OCH3 is 1. The van der Waals surface area contributed by atoms with Crippen LogP contribution in [0, 0.1) is 19.8 Å². The topological polar surface area (TPSA) is 64.1 Å². The van der Waals surface area contributed by atoms with Crippen LogP contribution in [0.2, 0.25) is 0 Å². The molecule has 1 N–H and O–H groups in total. The number of rotatable bonds is 5. The monoisotopic (exact) mass is 251 g/mol. The van der Waals surface area contributed by atoms with E-state index in [9.17, 15) is 4.79 Å². The first-order valence-electron chi connectivity index (χ1n) is 6.08. The highest BCUT2D eigenvalue weighted by Gasteiger charge is 2.21. The van der Waals surface area contributed by atoms with Crippen molar-refractivity contribution in [2.75, 3.05) is 12.4 Å². The fourth-order valence-corrected chi connectivity index (χ4v) is 1.67. The zero-order chi connectivity index (χ0) is 13.7. The number of ether oxygens (including phenoxy) is 1. The lowest BCUT2D eigenvalue weighted by Gasteiger charge is -2.19. The maximum Gasteiger partial charge on any atom is 0.328 e. The second-order valence-corrected chi connectivity index (χ2v) is 4.80. The summed E-state index contributed by atoms with van der Waals surface area (Å²) in [7, 11) is 1.39. The molecule has 0 amide bonds. The van der Waals surface area contributed by atoms with Crippen molar-refractivity contribution in [1.29, 1.82) is 0 Å². The van der Waals surface area contributed by atoms with Gasteiger partial charge in [-0.1, -0.05) is 13.8 Å². The Morgan fingerprint density at radius 1 is 1.44 bits per heavy atom. The second kappa shape index (κ2) is 6.33. The van der Waals surface area contributed by atoms with Gasteiger partial charge in [-0.05, 0) is 26.2 Å². The van der Waals surface area contributed by atoms with E-state index in [1.807, 2.05) is 13.8 Å². The first-order valence-corrected chi connectivity index (χ1v) is 6.08. The summed E-state index contributed by atoms with van der Waals surface area (Å²) in [5, 5.41) is 3.12. The molecule has 0 saturated carbocycles. The summed E-state index contributed by atoms with van der Waals surface area (Å²) in [5.74, 6) is 0.761. The van der Waals surface area contributed by atoms with Gasteiger partial charge in [0.05, 0.1) is 18.5 Å². The Bertz CT molecular complexity index is 419. The SMILES string of the molecule is COC(=O)C(CC(C)C)Nc1nc(C)cnc1C. The Balaban J connectivity index is 2.88. The molecular weight excluding hydrogens is 230 g/mol. The minimum atomic E-state index is -0.384. The lowest BCUT2D eigenvalue weighted by Crippen LogP contribution is -2.32. The van der Waals surface area contributed by atoms with E-state index in [2.05, 4.69) is 29.1 Å². The molecule has 1 unspecified atom stereocenters. The quantitative estimate of drug-likeness (QED) is 0.812. The van der Waals surface area contributed by atoms with Crippen LogP contribution in [-0.4, -0.2) is 29.1 Å². The van der Waals surface area contributed by atoms with Gasteiger partial charge in [-0.3, -0.25) is 4.98 Å². The van der Waals surface area contributed by atoms with Crippen LogP contribution >= 0.6 is 0 Å². The molecule has 100 valence electrons. The Hall–Kier alpha value is -1.65. The van der Waals surface area contributed by atoms with Gasteiger partial charge in [0.25, 0.3) is 0 Å². The number of aromatic nitrogens is 2. The molecule has 0 bridgehead atoms. The van der Waals surface area contributed by atoms with E-state index in [-0.39, 0.29) is 12.0 Å². The third-order valence-corrected chi connectivity index (χ3v) is 2.58. The van der Waals surface area contributed by atoms with Gasteiger partial charge >= 0.3 is 5.97 Å². The van der Waals surface area contributed by atoms with Crippen LogP contribution in [0.25, 0.3) is 0 Å². The van der Waals surface area contributed by atoms with Gasteiger partial charge < -0.3 is 10.1 Å². The van der Waals surface area contributed by atoms with Crippen LogP contribution in [0.15, 0.2) is 6.20 Å². The van der Waals surface area contributed by atoms with E-state index in [1.54, 1.807) is 6.20 Å². The average molecular weight is 251 g/mol. The summed E-state index contributed by atoms with van der Waals surface area (Å²) >= 11 is 0. The minimum Gasteiger partial charge on any atom is -0.467 e. The zero-order valence-corrected chi connectivity index (χ0v) is 11.7. The number of nitrogens with one attached hydrogen (secondary N) is 1. The molecule has 0 aliphatic rings. The summed E-state index contributed by atoms with van der Waals surface area (Å²) in [6, 6.07) is -0.384. The number of hydrogen-bond donors (Lipinski definition) is 1. The number of nitrogens with zero attached hydrogens (tertiary/aromatic N) is 2. The summed E-state index contributed by atoms with van der Waals surface area (Å²) in [6.45, 7) is 7.85. The molecular formula is C13H21N3O2. The van der Waals surface area contributed by atoms with Crippen LogP contribution in [0.3, 0.4) is 0 Å². The van der Waals surface area contributed by atoms with Crippen LogP contribution in [-0.2, 0) is 9.53 Å². The Morgan fingerprint density at radius 2 is 2.11 bits per heavy atom. The molecule has 5 nitrogen and oxygen atoms in total. The molecule has 0 fully saturated rings. The Morgan fingerprint density at radius 3 is 2.67 bits per heavy atom. The Kier molecular flexibility index (Phi) is 5.07. The molecule has 0 saturated heterocycles. The van der Waals surface area contributed by atoms with E-state index in [0.29, 0.717) is 18.2 Å². The van der Waals surface area contributed by atoms with Crippen LogP contribution in [0.5, 0.6) is 0 Å². The Labute approximate surface area is 108 Å². The smallest absolute Gasteiger partial charge is 0.328 e. The van der Waals surface area contributed by atoms with Crippen molar-refractivity contribution in [1.82, 2.24) is 9.97 Å². The summed E-state index contributed by atoms with van der Waals surface area (Å²) in [5.41, 5.74) is 1.59. The number of carbonyl (C=O) groups excluding carboxylic acids is 1. The minimum absolute atomic E-state index is 0.272. The molecule has 0 spiro atoms. The maximum absolute atomic E-state index is 11.7. The third kappa shape index (κ3) is 3.98. The number of carbonyl (C=O) groups is 1. The predicted octanol–water partition coefficient (Wildman–Crippen LogP) is 2.09. The van der Waals surface area contributed by atoms with Crippen molar-refractivity contribution in [2.45, 2.75) is 40.2 Å². The van der Waals surface area contributed by atoms with Crippen molar-refractivity contribution in [3.05, 3.63) is 17.6 Å². The standard InChI is InChI=1S/C13H21N3O2/c1-8(2)6-11(13(17)18-5)16-12-10(4)14-7-9(3)15-12/h7-8,11H,6H2,1-5H3,(H,15,16). The van der Waals surface area contributed by atoms with Gasteiger partial charge in [-0.25, -0.2) is 9.78 Å². The van der Waals surface area contributed by atoms with Crippen molar-refractivity contribution < 1.29 is 9.53 Å². The summed E-state index contributed by atoms with van der Waals surface area (Å²) in [6.07, 6.45) is 2.40. The highest BCUT2D eigenvalue weighted by molar-refractivity contribution is 5.78. The fourth-order valence-electron chi connectivity index (χ4n) is 1.67. The highest BCUT2D eigenvalue weighted by atomic mass is 16.5. The van der Waals surface area contributed by atoms with E-state index >= 15 is 0 Å². The van der Waals surface area contributed by atoms with Gasteiger partial charge in [-0.2, -0.15) is 0 Å². The van der Waals surface area contributed by atoms with E-state index in [0.717, 1.165) is 11.4 Å². The van der Waals surface area contributed by atoms with E-state index in [4.69, 9.17) is 4.74 Å². The van der Waals surface area contributed by atoms with Gasteiger partial charge in [0.2, 0.25) is 0 Å². The van der Waals surface area contributed by atoms with Crippen LogP contribution in [0.4, 0.5) is 5.82 Å². The summed E-state index contributed by atoms with van der Waals surface area (Å²) < 4.78 is 4.81. The van der Waals surface area contributed by atoms with Crippen LogP contribution in [0.1, 0.15) is 31.7 Å². The van der Waals surface area contributed by atoms with Gasteiger partial charge in [0.15, 0.2) is 0 Å². The molecule has 1 rings (SSSR count). The largest absolute Gasteiger partial charge is 0.467 e. The first kappa shape index (κ1) is 14.4. The molecule has 5 heteroatoms. The van der Waals surface area contributed by atoms with Gasteiger partial charge in [0.1, 0.15) is 11.9 Å². The van der Waals surface area contributed by atoms with E-state index < -0.39 is 0 Å². The molecule has 1 atom stereocenters. The average Bonchev–Trinajstić information content (AvgIpc) is 2.31. The normalized spacial score (nSPS) is 12.3. The van der Waals surface area contributed by atoms with Crippen molar-refractivity contribution >= 4 is 11.8 Å². The molecule has 1 heterocycles. The number of anilines is 1. The third-order valence-electron chi connectivity index (χ3n) is 2.58. The molecule has 0 aliphatic carbocycles. The number of hydrogen-bond acceptors (Lipinski definition) is 5. The maximum atomic E-state index is 11.7. The lowest BCUT2D eigenvalue weighted by atomic mass is 10.0. The van der Waals surface area contributed by atoms with E-state index in [1.165, 1.54) is 7.11 Å². The van der Waals surface area contributed by atoms with Crippen molar-refractivity contribution in [2.24, 2.45) is 5.92 Å². The van der Waals surface area contributed by atoms with Gasteiger partial charge in [0, 0.05) is 6.20 Å². The molecule has 18 heavy (non-hydrogen) atoms. The first-order chi connectivity index (χ1) is 8.43. The molecule has 0 aromatic carbocycles.